The van der Waals surface area contributed by atoms with Crippen LogP contribution in [0.5, 0.6) is 0 Å². The maximum Gasteiger partial charge on any atom is 0.494 e. The van der Waals surface area contributed by atoms with Crippen molar-refractivity contribution >= 4 is 12.6 Å². The highest BCUT2D eigenvalue weighted by Gasteiger charge is 2.51. The number of hydrogen-bond donors (Lipinski definition) is 0. The summed E-state index contributed by atoms with van der Waals surface area (Å²) in [5, 5.41) is 0. The molecule has 2 nitrogen and oxygen atoms in total. The van der Waals surface area contributed by atoms with Crippen molar-refractivity contribution in [1.82, 2.24) is 0 Å². The van der Waals surface area contributed by atoms with Gasteiger partial charge in [-0.3, -0.25) is 0 Å². The van der Waals surface area contributed by atoms with Crippen molar-refractivity contribution in [1.29, 1.82) is 0 Å². The molecule has 92 valence electrons. The van der Waals surface area contributed by atoms with Crippen molar-refractivity contribution in [3.63, 3.8) is 0 Å². The summed E-state index contributed by atoms with van der Waals surface area (Å²) in [7, 11) is -0.245. The molecule has 1 aromatic rings. The van der Waals surface area contributed by atoms with Crippen molar-refractivity contribution in [2.75, 3.05) is 0 Å². The van der Waals surface area contributed by atoms with E-state index < -0.39 is 0 Å². The minimum Gasteiger partial charge on any atom is -0.399 e. The van der Waals surface area contributed by atoms with E-state index in [1.54, 1.807) is 0 Å². The van der Waals surface area contributed by atoms with E-state index in [1.807, 2.05) is 0 Å². The van der Waals surface area contributed by atoms with Crippen LogP contribution in [0.4, 0.5) is 0 Å². The first-order valence-electron chi connectivity index (χ1n) is 6.30. The molecule has 1 heterocycles. The summed E-state index contributed by atoms with van der Waals surface area (Å²) in [5.41, 5.74) is 1.91. The second-order valence-corrected chi connectivity index (χ2v) is 5.68. The Balaban J connectivity index is 2.20. The Labute approximate surface area is 104 Å². The monoisotopic (exact) mass is 232 g/mol. The van der Waals surface area contributed by atoms with E-state index in [0.717, 1.165) is 11.9 Å². The molecular formula is C14H21BO2. The number of aryl methyl sites for hydroxylation is 1. The zero-order valence-electron chi connectivity index (χ0n) is 11.4. The summed E-state index contributed by atoms with van der Waals surface area (Å²) in [5.74, 6) is 0. The molecule has 1 aromatic carbocycles. The van der Waals surface area contributed by atoms with Crippen molar-refractivity contribution in [2.45, 2.75) is 52.2 Å². The molecule has 0 atom stereocenters. The maximum atomic E-state index is 6.00. The van der Waals surface area contributed by atoms with Crippen LogP contribution in [0.1, 0.15) is 40.2 Å². The average Bonchev–Trinajstić information content (AvgIpc) is 2.48. The van der Waals surface area contributed by atoms with Crippen molar-refractivity contribution in [3.8, 4) is 0 Å². The van der Waals surface area contributed by atoms with Crippen LogP contribution in [0, 0.1) is 0 Å². The molecule has 0 bridgehead atoms. The fraction of sp³-hybridized carbons (Fsp3) is 0.571. The molecule has 17 heavy (non-hydrogen) atoms. The molecule has 0 N–H and O–H groups in total. The molecule has 1 aliphatic rings. The number of rotatable bonds is 2. The Morgan fingerprint density at radius 2 is 1.41 bits per heavy atom. The highest BCUT2D eigenvalue weighted by atomic mass is 16.7. The topological polar surface area (TPSA) is 18.5 Å². The normalized spacial score (nSPS) is 21.8. The van der Waals surface area contributed by atoms with Crippen LogP contribution in [-0.4, -0.2) is 18.3 Å². The summed E-state index contributed by atoms with van der Waals surface area (Å²) in [4.78, 5) is 0. The Kier molecular flexibility index (Phi) is 3.09. The molecule has 0 amide bonds. The average molecular weight is 232 g/mol. The fourth-order valence-corrected chi connectivity index (χ4v) is 1.89. The summed E-state index contributed by atoms with van der Waals surface area (Å²) in [6.07, 6.45) is 1.06. The van der Waals surface area contributed by atoms with Crippen LogP contribution >= 0.6 is 0 Å². The fourth-order valence-electron chi connectivity index (χ4n) is 1.89. The van der Waals surface area contributed by atoms with Crippen LogP contribution in [0.3, 0.4) is 0 Å². The Morgan fingerprint density at radius 3 is 1.82 bits per heavy atom. The van der Waals surface area contributed by atoms with Crippen molar-refractivity contribution in [3.05, 3.63) is 29.8 Å². The largest absolute Gasteiger partial charge is 0.494 e. The molecule has 0 saturated carbocycles. The third-order valence-electron chi connectivity index (χ3n) is 3.91. The van der Waals surface area contributed by atoms with Gasteiger partial charge in [0.05, 0.1) is 11.2 Å². The van der Waals surface area contributed by atoms with Crippen LogP contribution in [0.15, 0.2) is 24.3 Å². The first kappa shape index (κ1) is 12.7. The van der Waals surface area contributed by atoms with Gasteiger partial charge in [0.2, 0.25) is 0 Å². The lowest BCUT2D eigenvalue weighted by molar-refractivity contribution is 0.00578. The van der Waals surface area contributed by atoms with Gasteiger partial charge < -0.3 is 9.31 Å². The minimum absolute atomic E-state index is 0.245. The second-order valence-electron chi connectivity index (χ2n) is 5.68. The van der Waals surface area contributed by atoms with Crippen LogP contribution in [-0.2, 0) is 15.7 Å². The lowest BCUT2D eigenvalue weighted by Crippen LogP contribution is -2.41. The van der Waals surface area contributed by atoms with Gasteiger partial charge in [0, 0.05) is 0 Å². The third kappa shape index (κ3) is 2.27. The van der Waals surface area contributed by atoms with Gasteiger partial charge >= 0.3 is 7.12 Å². The molecule has 0 aliphatic carbocycles. The standard InChI is InChI=1S/C14H21BO2/c1-6-11-7-9-12(10-8-11)15-16-13(2,3)14(4,5)17-15/h7-10H,6H2,1-5H3. The zero-order valence-corrected chi connectivity index (χ0v) is 11.4. The lowest BCUT2D eigenvalue weighted by Gasteiger charge is -2.32. The van der Waals surface area contributed by atoms with Gasteiger partial charge in [-0.2, -0.15) is 0 Å². The van der Waals surface area contributed by atoms with E-state index in [1.165, 1.54) is 5.56 Å². The Bertz CT molecular complexity index is 379. The molecule has 0 spiro atoms. The Morgan fingerprint density at radius 1 is 0.941 bits per heavy atom. The molecule has 3 heteroatoms. The minimum atomic E-state index is -0.263. The molecule has 1 aliphatic heterocycles. The number of hydrogen-bond acceptors (Lipinski definition) is 2. The van der Waals surface area contributed by atoms with E-state index in [9.17, 15) is 0 Å². The van der Waals surface area contributed by atoms with E-state index in [4.69, 9.17) is 9.31 Å². The highest BCUT2D eigenvalue weighted by Crippen LogP contribution is 2.36. The van der Waals surface area contributed by atoms with Gasteiger partial charge in [-0.15, -0.1) is 0 Å². The van der Waals surface area contributed by atoms with Crippen LogP contribution < -0.4 is 5.46 Å². The van der Waals surface area contributed by atoms with Crippen LogP contribution in [0.25, 0.3) is 0 Å². The second kappa shape index (κ2) is 4.15. The van der Waals surface area contributed by atoms with Crippen molar-refractivity contribution < 1.29 is 9.31 Å². The van der Waals surface area contributed by atoms with E-state index in [-0.39, 0.29) is 18.3 Å². The van der Waals surface area contributed by atoms with Gasteiger partial charge in [0.1, 0.15) is 0 Å². The molecule has 1 fully saturated rings. The molecular weight excluding hydrogens is 211 g/mol. The summed E-state index contributed by atoms with van der Waals surface area (Å²) in [6.45, 7) is 10.5. The lowest BCUT2D eigenvalue weighted by atomic mass is 9.79. The summed E-state index contributed by atoms with van der Waals surface area (Å²) < 4.78 is 12.0. The molecule has 2 rings (SSSR count). The summed E-state index contributed by atoms with van der Waals surface area (Å²) >= 11 is 0. The van der Waals surface area contributed by atoms with E-state index >= 15 is 0 Å². The molecule has 1 saturated heterocycles. The molecule has 0 aromatic heterocycles. The quantitative estimate of drug-likeness (QED) is 0.729. The van der Waals surface area contributed by atoms with Gasteiger partial charge in [-0.05, 0) is 45.1 Å². The zero-order chi connectivity index (χ0) is 12.7. The number of benzene rings is 1. The SMILES string of the molecule is CCc1ccc(B2OC(C)(C)C(C)(C)O2)cc1. The van der Waals surface area contributed by atoms with Gasteiger partial charge in [-0.1, -0.05) is 31.2 Å². The first-order valence-corrected chi connectivity index (χ1v) is 6.30. The smallest absolute Gasteiger partial charge is 0.399 e. The first-order chi connectivity index (χ1) is 7.86. The van der Waals surface area contributed by atoms with Gasteiger partial charge in [0.15, 0.2) is 0 Å². The van der Waals surface area contributed by atoms with Crippen LogP contribution in [0.2, 0.25) is 0 Å². The Hall–Kier alpha value is -0.795. The summed E-state index contributed by atoms with van der Waals surface area (Å²) in [6, 6.07) is 8.47. The van der Waals surface area contributed by atoms with E-state index in [0.29, 0.717) is 0 Å². The van der Waals surface area contributed by atoms with Gasteiger partial charge in [-0.25, -0.2) is 0 Å². The molecule has 0 unspecified atom stereocenters. The van der Waals surface area contributed by atoms with E-state index in [2.05, 4.69) is 58.9 Å². The third-order valence-corrected chi connectivity index (χ3v) is 3.91. The predicted octanol–water partition coefficient (Wildman–Crippen LogP) is 2.55. The molecule has 0 radical (unpaired) electrons. The van der Waals surface area contributed by atoms with Gasteiger partial charge in [0.25, 0.3) is 0 Å². The maximum absolute atomic E-state index is 6.00. The van der Waals surface area contributed by atoms with Crippen molar-refractivity contribution in [2.24, 2.45) is 0 Å². The highest BCUT2D eigenvalue weighted by molar-refractivity contribution is 6.62. The predicted molar refractivity (Wildman–Crippen MR) is 71.5 cm³/mol.